The van der Waals surface area contributed by atoms with Crippen LogP contribution in [0.1, 0.15) is 16.7 Å². The summed E-state index contributed by atoms with van der Waals surface area (Å²) in [5.41, 5.74) is 0.447. The number of imide groups is 1. The number of carbonyl (C=O) groups is 3. The summed E-state index contributed by atoms with van der Waals surface area (Å²) in [7, 11) is 1.24. The van der Waals surface area contributed by atoms with Crippen molar-refractivity contribution >= 4 is 96.5 Å². The minimum absolute atomic E-state index is 0.00530. The molecular formula is C31H21F3I2N2O5S. The normalized spacial score (nSPS) is 14.4. The molecule has 0 atom stereocenters. The first kappa shape index (κ1) is 32.1. The third kappa shape index (κ3) is 7.31. The topological polar surface area (TPSA) is 84.9 Å². The van der Waals surface area contributed by atoms with Crippen molar-refractivity contribution in [3.63, 3.8) is 0 Å². The van der Waals surface area contributed by atoms with Crippen LogP contribution in [0, 0.1) is 7.14 Å². The largest absolute Gasteiger partial charge is 0.495 e. The molecule has 226 valence electrons. The molecule has 1 heterocycles. The van der Waals surface area contributed by atoms with Crippen LogP contribution in [0.4, 0.5) is 23.7 Å². The van der Waals surface area contributed by atoms with E-state index in [1.54, 1.807) is 6.08 Å². The Hall–Kier alpha value is -3.31. The van der Waals surface area contributed by atoms with Gasteiger partial charge in [0.1, 0.15) is 24.7 Å². The number of halogens is 5. The molecule has 1 saturated heterocycles. The van der Waals surface area contributed by atoms with Gasteiger partial charge in [0.25, 0.3) is 11.1 Å². The smallest absolute Gasteiger partial charge is 0.416 e. The maximum Gasteiger partial charge on any atom is 0.416 e. The number of nitrogens with one attached hydrogen (secondary N) is 1. The van der Waals surface area contributed by atoms with Gasteiger partial charge in [-0.25, -0.2) is 0 Å². The van der Waals surface area contributed by atoms with E-state index in [0.717, 1.165) is 46.6 Å². The number of anilines is 1. The zero-order valence-electron chi connectivity index (χ0n) is 22.7. The summed E-state index contributed by atoms with van der Waals surface area (Å²) in [6.45, 7) is -0.318. The van der Waals surface area contributed by atoms with E-state index in [1.807, 2.05) is 48.5 Å². The number of amides is 3. The van der Waals surface area contributed by atoms with Gasteiger partial charge in [-0.05, 0) is 121 Å². The van der Waals surface area contributed by atoms with Gasteiger partial charge in [-0.3, -0.25) is 19.3 Å². The van der Waals surface area contributed by atoms with Crippen LogP contribution in [0.2, 0.25) is 0 Å². The van der Waals surface area contributed by atoms with Crippen molar-refractivity contribution in [3.05, 3.63) is 102 Å². The SMILES string of the molecule is COc1ccc(C(F)(F)F)cc1NC(=O)CN1C(=O)S/C(=C\c2cc(I)c(OCc3ccc4ccccc4c3)c(I)c2)C1=O. The molecule has 13 heteroatoms. The van der Waals surface area contributed by atoms with Gasteiger partial charge in [0.05, 0.1) is 30.4 Å². The van der Waals surface area contributed by atoms with E-state index < -0.39 is 35.3 Å². The zero-order valence-corrected chi connectivity index (χ0v) is 27.8. The van der Waals surface area contributed by atoms with Gasteiger partial charge in [-0.2, -0.15) is 13.2 Å². The molecule has 1 aliphatic rings. The Morgan fingerprint density at radius 2 is 1.68 bits per heavy atom. The number of ether oxygens (including phenoxy) is 2. The Morgan fingerprint density at radius 3 is 2.36 bits per heavy atom. The molecule has 3 amide bonds. The average molecular weight is 844 g/mol. The molecule has 1 N–H and O–H groups in total. The quantitative estimate of drug-likeness (QED) is 0.142. The summed E-state index contributed by atoms with van der Waals surface area (Å²) in [5, 5.41) is 3.90. The monoisotopic (exact) mass is 844 g/mol. The molecule has 0 radical (unpaired) electrons. The number of alkyl halides is 3. The molecule has 1 aliphatic heterocycles. The number of hydrogen-bond acceptors (Lipinski definition) is 6. The van der Waals surface area contributed by atoms with E-state index in [-0.39, 0.29) is 16.3 Å². The lowest BCUT2D eigenvalue weighted by molar-refractivity contribution is -0.137. The lowest BCUT2D eigenvalue weighted by Crippen LogP contribution is -2.36. The summed E-state index contributed by atoms with van der Waals surface area (Å²) in [5.74, 6) is -0.864. The third-order valence-corrected chi connectivity index (χ3v) is 9.00. The first-order valence-electron chi connectivity index (χ1n) is 12.8. The van der Waals surface area contributed by atoms with Crippen LogP contribution in [0.15, 0.2) is 77.7 Å². The molecule has 0 aliphatic carbocycles. The van der Waals surface area contributed by atoms with Gasteiger partial charge in [-0.15, -0.1) is 0 Å². The number of hydrogen-bond donors (Lipinski definition) is 1. The van der Waals surface area contributed by atoms with E-state index in [0.29, 0.717) is 29.7 Å². The predicted octanol–water partition coefficient (Wildman–Crippen LogP) is 8.33. The average Bonchev–Trinajstić information content (AvgIpc) is 3.23. The van der Waals surface area contributed by atoms with Crippen molar-refractivity contribution in [3.8, 4) is 11.5 Å². The summed E-state index contributed by atoms with van der Waals surface area (Å²) in [6, 6.07) is 20.5. The number of rotatable bonds is 8. The Morgan fingerprint density at radius 1 is 0.977 bits per heavy atom. The third-order valence-electron chi connectivity index (χ3n) is 6.49. The molecule has 4 aromatic rings. The van der Waals surface area contributed by atoms with E-state index in [4.69, 9.17) is 9.47 Å². The fraction of sp³-hybridized carbons (Fsp3) is 0.129. The number of methoxy groups -OCH3 is 1. The van der Waals surface area contributed by atoms with Crippen LogP contribution in [0.3, 0.4) is 0 Å². The second-order valence-electron chi connectivity index (χ2n) is 9.51. The summed E-state index contributed by atoms with van der Waals surface area (Å²) in [6.07, 6.45) is -3.09. The molecule has 7 nitrogen and oxygen atoms in total. The van der Waals surface area contributed by atoms with Crippen LogP contribution >= 0.6 is 56.9 Å². The molecule has 0 unspecified atom stereocenters. The Labute approximate surface area is 281 Å². The molecule has 5 rings (SSSR count). The fourth-order valence-corrected chi connectivity index (χ4v) is 7.35. The molecule has 0 saturated carbocycles. The van der Waals surface area contributed by atoms with Crippen LogP contribution < -0.4 is 14.8 Å². The minimum atomic E-state index is -4.64. The van der Waals surface area contributed by atoms with Gasteiger partial charge < -0.3 is 14.8 Å². The molecule has 0 bridgehead atoms. The molecule has 44 heavy (non-hydrogen) atoms. The van der Waals surface area contributed by atoms with E-state index >= 15 is 0 Å². The zero-order chi connectivity index (χ0) is 31.6. The number of nitrogens with zero attached hydrogens (tertiary/aromatic N) is 1. The lowest BCUT2D eigenvalue weighted by Gasteiger charge is -2.16. The maximum absolute atomic E-state index is 13.2. The van der Waals surface area contributed by atoms with Crippen molar-refractivity contribution in [2.75, 3.05) is 19.0 Å². The highest BCUT2D eigenvalue weighted by Gasteiger charge is 2.37. The first-order chi connectivity index (χ1) is 20.9. The Bertz CT molecular complexity index is 1810. The number of carbonyl (C=O) groups excluding carboxylic acids is 3. The van der Waals surface area contributed by atoms with Crippen molar-refractivity contribution in [1.29, 1.82) is 0 Å². The molecule has 0 spiro atoms. The van der Waals surface area contributed by atoms with Crippen molar-refractivity contribution < 1.29 is 37.0 Å². The van der Waals surface area contributed by atoms with E-state index in [9.17, 15) is 27.6 Å². The second-order valence-corrected chi connectivity index (χ2v) is 12.8. The van der Waals surface area contributed by atoms with E-state index in [2.05, 4.69) is 56.6 Å². The molecule has 0 aromatic heterocycles. The van der Waals surface area contributed by atoms with Gasteiger partial charge in [0.15, 0.2) is 0 Å². The highest BCUT2D eigenvalue weighted by molar-refractivity contribution is 14.1. The van der Waals surface area contributed by atoms with Gasteiger partial charge in [-0.1, -0.05) is 36.4 Å². The Balaban J connectivity index is 1.26. The molecular weight excluding hydrogens is 823 g/mol. The lowest BCUT2D eigenvalue weighted by atomic mass is 10.1. The highest BCUT2D eigenvalue weighted by atomic mass is 127. The maximum atomic E-state index is 13.2. The standard InChI is InChI=1S/C31H21F3I2N2O5S/c1-42-25-9-8-21(31(32,33)34)14-24(25)37-27(39)15-38-29(40)26(44-30(38)41)13-18-11-22(35)28(23(36)12-18)43-16-17-6-7-19-4-2-3-5-20(19)10-17/h2-14H,15-16H2,1H3,(H,37,39)/b26-13-. The predicted molar refractivity (Wildman–Crippen MR) is 179 cm³/mol. The van der Waals surface area contributed by atoms with Crippen LogP contribution in [-0.2, 0) is 22.4 Å². The van der Waals surface area contributed by atoms with Gasteiger partial charge in [0.2, 0.25) is 5.91 Å². The highest BCUT2D eigenvalue weighted by Crippen LogP contribution is 2.37. The fourth-order valence-electron chi connectivity index (χ4n) is 4.39. The van der Waals surface area contributed by atoms with Crippen molar-refractivity contribution in [2.45, 2.75) is 12.8 Å². The van der Waals surface area contributed by atoms with Crippen LogP contribution in [0.25, 0.3) is 16.8 Å². The van der Waals surface area contributed by atoms with Crippen molar-refractivity contribution in [1.82, 2.24) is 4.90 Å². The number of fused-ring (bicyclic) bond motifs is 1. The molecule has 4 aromatic carbocycles. The van der Waals surface area contributed by atoms with Crippen LogP contribution in [0.5, 0.6) is 11.5 Å². The number of benzene rings is 4. The second kappa shape index (κ2) is 13.4. The van der Waals surface area contributed by atoms with Crippen molar-refractivity contribution in [2.24, 2.45) is 0 Å². The van der Waals surface area contributed by atoms with E-state index in [1.165, 1.54) is 7.11 Å². The summed E-state index contributed by atoms with van der Waals surface area (Å²) >= 11 is 4.96. The number of thioether (sulfide) groups is 1. The minimum Gasteiger partial charge on any atom is -0.495 e. The summed E-state index contributed by atoms with van der Waals surface area (Å²) in [4.78, 5) is 39.2. The van der Waals surface area contributed by atoms with Gasteiger partial charge >= 0.3 is 6.18 Å². The molecule has 1 fully saturated rings. The Kier molecular flexibility index (Phi) is 9.74. The van der Waals surface area contributed by atoms with Crippen LogP contribution in [-0.4, -0.2) is 35.6 Å². The van der Waals surface area contributed by atoms with Gasteiger partial charge in [0, 0.05) is 0 Å². The summed E-state index contributed by atoms with van der Waals surface area (Å²) < 4.78 is 52.2. The first-order valence-corrected chi connectivity index (χ1v) is 15.8.